The van der Waals surface area contributed by atoms with Crippen molar-refractivity contribution in [2.45, 2.75) is 29.9 Å². The summed E-state index contributed by atoms with van der Waals surface area (Å²) in [5, 5.41) is 10.3. The third kappa shape index (κ3) is 5.75. The smallest absolute Gasteiger partial charge is 0.319 e. The molecule has 106 valence electrons. The van der Waals surface area contributed by atoms with Crippen LogP contribution in [-0.2, 0) is 14.3 Å². The first-order chi connectivity index (χ1) is 9.06. The van der Waals surface area contributed by atoms with E-state index < -0.39 is 0 Å². The largest absolute Gasteiger partial charge is 0.465 e. The van der Waals surface area contributed by atoms with Gasteiger partial charge in [-0.25, -0.2) is 0 Å². The van der Waals surface area contributed by atoms with Crippen molar-refractivity contribution < 1.29 is 14.3 Å². The number of alkyl halides is 1. The molecule has 0 aliphatic heterocycles. The summed E-state index contributed by atoms with van der Waals surface area (Å²) in [6, 6.07) is 0. The lowest BCUT2D eigenvalue weighted by molar-refractivity contribution is -0.142. The van der Waals surface area contributed by atoms with E-state index in [4.69, 9.17) is 16.3 Å². The van der Waals surface area contributed by atoms with Gasteiger partial charge in [-0.05, 0) is 13.8 Å². The summed E-state index contributed by atoms with van der Waals surface area (Å²) in [4.78, 5) is 22.7. The molecule has 1 rings (SSSR count). The van der Waals surface area contributed by atoms with Crippen LogP contribution in [0.25, 0.3) is 0 Å². The predicted octanol–water partition coefficient (Wildman–Crippen LogP) is 2.15. The second-order valence-electron chi connectivity index (χ2n) is 3.37. The number of aromatic nitrogens is 2. The number of amides is 1. The molecule has 0 fully saturated rings. The van der Waals surface area contributed by atoms with E-state index in [2.05, 4.69) is 15.5 Å². The van der Waals surface area contributed by atoms with Gasteiger partial charge < -0.3 is 10.1 Å². The monoisotopic (exact) mass is 323 g/mol. The molecule has 0 unspecified atom stereocenters. The van der Waals surface area contributed by atoms with Crippen LogP contribution in [0.4, 0.5) is 5.13 Å². The zero-order valence-corrected chi connectivity index (χ0v) is 12.9. The number of esters is 1. The Morgan fingerprint density at radius 2 is 2.26 bits per heavy atom. The van der Waals surface area contributed by atoms with Crippen LogP contribution >= 0.6 is 34.7 Å². The van der Waals surface area contributed by atoms with Crippen LogP contribution in [-0.4, -0.2) is 39.8 Å². The number of thioether (sulfide) groups is 1. The molecule has 19 heavy (non-hydrogen) atoms. The Hall–Kier alpha value is -0.860. The molecule has 1 amide bonds. The highest BCUT2D eigenvalue weighted by Crippen LogP contribution is 2.29. The zero-order chi connectivity index (χ0) is 14.3. The van der Waals surface area contributed by atoms with Crippen molar-refractivity contribution in [2.75, 3.05) is 17.8 Å². The lowest BCUT2D eigenvalue weighted by Gasteiger charge is -2.06. The maximum Gasteiger partial charge on any atom is 0.319 e. The third-order valence-electron chi connectivity index (χ3n) is 1.87. The van der Waals surface area contributed by atoms with Crippen molar-refractivity contribution >= 4 is 51.7 Å². The molecule has 6 nitrogen and oxygen atoms in total. The Morgan fingerprint density at radius 3 is 2.89 bits per heavy atom. The average molecular weight is 324 g/mol. The van der Waals surface area contributed by atoms with Gasteiger partial charge in [-0.3, -0.25) is 9.59 Å². The lowest BCUT2D eigenvalue weighted by atomic mass is 10.5. The number of hydrogen-bond donors (Lipinski definition) is 1. The van der Waals surface area contributed by atoms with Gasteiger partial charge in [0.1, 0.15) is 5.25 Å². The molecule has 0 aliphatic carbocycles. The molecule has 0 saturated carbocycles. The van der Waals surface area contributed by atoms with Crippen LogP contribution in [0.1, 0.15) is 20.3 Å². The fourth-order valence-electron chi connectivity index (χ4n) is 1.03. The predicted molar refractivity (Wildman–Crippen MR) is 75.8 cm³/mol. The molecule has 1 heterocycles. The molecule has 1 aromatic heterocycles. The Balaban J connectivity index is 2.50. The van der Waals surface area contributed by atoms with E-state index in [-0.39, 0.29) is 29.4 Å². The third-order valence-corrected chi connectivity index (χ3v) is 4.06. The van der Waals surface area contributed by atoms with Crippen molar-refractivity contribution in [1.82, 2.24) is 10.2 Å². The molecule has 0 saturated heterocycles. The fourth-order valence-corrected chi connectivity index (χ4v) is 3.12. The minimum absolute atomic E-state index is 0.207. The number of nitrogens with zero attached hydrogens (tertiary/aromatic N) is 2. The average Bonchev–Trinajstić information content (AvgIpc) is 2.77. The second-order valence-corrected chi connectivity index (χ2v) is 6.32. The number of ether oxygens (including phenoxy) is 1. The Labute approximate surface area is 124 Å². The first-order valence-electron chi connectivity index (χ1n) is 5.59. The van der Waals surface area contributed by atoms with Gasteiger partial charge in [-0.15, -0.1) is 21.8 Å². The molecule has 0 bridgehead atoms. The standard InChI is InChI=1S/C10H14ClN3O3S2/c1-3-17-8(16)6(2)18-10-14-13-9(19-10)12-7(15)4-5-11/h6H,3-5H2,1-2H3,(H,12,13,15)/t6-/m1/s1. The number of nitrogens with one attached hydrogen (secondary N) is 1. The van der Waals surface area contributed by atoms with Crippen LogP contribution in [0.15, 0.2) is 4.34 Å². The molecule has 1 aromatic rings. The summed E-state index contributed by atoms with van der Waals surface area (Å²) in [5.74, 6) is -0.247. The molecule has 0 spiro atoms. The van der Waals surface area contributed by atoms with E-state index in [1.54, 1.807) is 13.8 Å². The zero-order valence-electron chi connectivity index (χ0n) is 10.5. The minimum Gasteiger partial charge on any atom is -0.465 e. The van der Waals surface area contributed by atoms with Gasteiger partial charge in [0.2, 0.25) is 11.0 Å². The van der Waals surface area contributed by atoms with Crippen molar-refractivity contribution in [2.24, 2.45) is 0 Å². The summed E-state index contributed by atoms with van der Waals surface area (Å²) in [6.07, 6.45) is 0.225. The van der Waals surface area contributed by atoms with E-state index >= 15 is 0 Å². The van der Waals surface area contributed by atoms with E-state index in [0.717, 1.165) is 0 Å². The molecule has 1 N–H and O–H groups in total. The number of halogens is 1. The SMILES string of the molecule is CCOC(=O)[C@@H](C)Sc1nnc(NC(=O)CCCl)s1. The topological polar surface area (TPSA) is 81.2 Å². The first-order valence-corrected chi connectivity index (χ1v) is 7.82. The summed E-state index contributed by atoms with van der Waals surface area (Å²) < 4.78 is 5.49. The quantitative estimate of drug-likeness (QED) is 0.358. The van der Waals surface area contributed by atoms with Gasteiger partial charge in [0, 0.05) is 12.3 Å². The van der Waals surface area contributed by atoms with Crippen molar-refractivity contribution in [3.63, 3.8) is 0 Å². The number of rotatable bonds is 7. The van der Waals surface area contributed by atoms with Gasteiger partial charge >= 0.3 is 5.97 Å². The van der Waals surface area contributed by atoms with E-state index in [0.29, 0.717) is 16.1 Å². The molecule has 0 aliphatic rings. The Morgan fingerprint density at radius 1 is 1.53 bits per heavy atom. The van der Waals surface area contributed by atoms with Crippen LogP contribution < -0.4 is 5.32 Å². The van der Waals surface area contributed by atoms with Gasteiger partial charge in [0.25, 0.3) is 0 Å². The highest BCUT2D eigenvalue weighted by Gasteiger charge is 2.18. The highest BCUT2D eigenvalue weighted by molar-refractivity contribution is 8.02. The van der Waals surface area contributed by atoms with Crippen molar-refractivity contribution in [3.8, 4) is 0 Å². The number of anilines is 1. The van der Waals surface area contributed by atoms with Crippen molar-refractivity contribution in [1.29, 1.82) is 0 Å². The number of carbonyl (C=O) groups is 2. The van der Waals surface area contributed by atoms with Gasteiger partial charge in [0.15, 0.2) is 4.34 Å². The highest BCUT2D eigenvalue weighted by atomic mass is 35.5. The molecule has 9 heteroatoms. The van der Waals surface area contributed by atoms with Crippen LogP contribution in [0.3, 0.4) is 0 Å². The Bertz CT molecular complexity index is 441. The number of hydrogen-bond acceptors (Lipinski definition) is 7. The van der Waals surface area contributed by atoms with Crippen LogP contribution in [0, 0.1) is 0 Å². The van der Waals surface area contributed by atoms with Gasteiger partial charge in [-0.1, -0.05) is 23.1 Å². The molecule has 1 atom stereocenters. The summed E-state index contributed by atoms with van der Waals surface area (Å²) >= 11 is 7.91. The maximum atomic E-state index is 11.4. The molecular weight excluding hydrogens is 310 g/mol. The van der Waals surface area contributed by atoms with Crippen LogP contribution in [0.5, 0.6) is 0 Å². The molecular formula is C10H14ClN3O3S2. The van der Waals surface area contributed by atoms with E-state index in [9.17, 15) is 9.59 Å². The fraction of sp³-hybridized carbons (Fsp3) is 0.600. The second kappa shape index (κ2) is 8.34. The molecule has 0 aromatic carbocycles. The summed E-state index contributed by atoms with van der Waals surface area (Å²) in [5.41, 5.74) is 0. The first kappa shape index (κ1) is 16.2. The van der Waals surface area contributed by atoms with Gasteiger partial charge in [-0.2, -0.15) is 0 Å². The lowest BCUT2D eigenvalue weighted by Crippen LogP contribution is -2.16. The van der Waals surface area contributed by atoms with Crippen LogP contribution in [0.2, 0.25) is 0 Å². The summed E-state index contributed by atoms with van der Waals surface area (Å²) in [7, 11) is 0. The normalized spacial score (nSPS) is 11.9. The summed E-state index contributed by atoms with van der Waals surface area (Å²) in [6.45, 7) is 3.83. The van der Waals surface area contributed by atoms with Crippen molar-refractivity contribution in [3.05, 3.63) is 0 Å². The molecule has 0 radical (unpaired) electrons. The van der Waals surface area contributed by atoms with E-state index in [1.165, 1.54) is 23.1 Å². The van der Waals surface area contributed by atoms with Gasteiger partial charge in [0.05, 0.1) is 6.61 Å². The Kier molecular flexibility index (Phi) is 7.11. The van der Waals surface area contributed by atoms with E-state index in [1.807, 2.05) is 0 Å². The number of carbonyl (C=O) groups excluding carboxylic acids is 2. The minimum atomic E-state index is -0.362. The maximum absolute atomic E-state index is 11.4.